The zero-order valence-electron chi connectivity index (χ0n) is 23.0. The standard InChI is InChI=1S/C29H44N4O3/c1-21-7-11-24(12-8-21)30-26(34)33(20-22-9-10-23-19-25(22)29(23,5)6)18-15-31-13-16-32(17-14-31)27(35)36-28(2,3)4/h7-9,11-12,23,25H,10,13-20H2,1-6H3,(H,30,34). The Balaban J connectivity index is 1.36. The number of carbonyl (C=O) groups is 2. The van der Waals surface area contributed by atoms with Crippen molar-refractivity contribution < 1.29 is 14.3 Å². The van der Waals surface area contributed by atoms with Crippen molar-refractivity contribution >= 4 is 17.8 Å². The number of aryl methyl sites for hydroxylation is 1. The van der Waals surface area contributed by atoms with Crippen molar-refractivity contribution in [2.24, 2.45) is 17.3 Å². The molecule has 3 aliphatic carbocycles. The van der Waals surface area contributed by atoms with Gasteiger partial charge in [0, 0.05) is 51.5 Å². The summed E-state index contributed by atoms with van der Waals surface area (Å²) in [6.07, 6.45) is 4.51. The van der Waals surface area contributed by atoms with Crippen LogP contribution in [0.1, 0.15) is 53.0 Å². The second-order valence-corrected chi connectivity index (χ2v) is 12.3. The van der Waals surface area contributed by atoms with Gasteiger partial charge in [-0.2, -0.15) is 0 Å². The molecule has 7 nitrogen and oxygen atoms in total. The van der Waals surface area contributed by atoms with E-state index in [2.05, 4.69) is 30.1 Å². The van der Waals surface area contributed by atoms with E-state index in [1.54, 1.807) is 4.90 Å². The first-order valence-corrected chi connectivity index (χ1v) is 13.4. The van der Waals surface area contributed by atoms with Gasteiger partial charge in [0.2, 0.25) is 0 Å². The average molecular weight is 497 g/mol. The zero-order valence-corrected chi connectivity index (χ0v) is 23.0. The highest BCUT2D eigenvalue weighted by Gasteiger charge is 2.51. The number of nitrogens with zero attached hydrogens (tertiary/aromatic N) is 3. The summed E-state index contributed by atoms with van der Waals surface area (Å²) in [6, 6.07) is 7.91. The Kier molecular flexibility index (Phi) is 7.69. The quantitative estimate of drug-likeness (QED) is 0.538. The van der Waals surface area contributed by atoms with E-state index in [1.165, 1.54) is 17.6 Å². The number of ether oxygens (including phenoxy) is 1. The molecule has 1 heterocycles. The van der Waals surface area contributed by atoms with E-state index in [0.717, 1.165) is 37.7 Å². The monoisotopic (exact) mass is 496 g/mol. The molecule has 198 valence electrons. The molecule has 1 saturated carbocycles. The molecule has 1 saturated heterocycles. The van der Waals surface area contributed by atoms with Crippen LogP contribution in [0.15, 0.2) is 35.9 Å². The molecular formula is C29H44N4O3. The maximum Gasteiger partial charge on any atom is 0.410 e. The van der Waals surface area contributed by atoms with E-state index in [0.29, 0.717) is 37.5 Å². The average Bonchev–Trinajstić information content (AvgIpc) is 2.82. The smallest absolute Gasteiger partial charge is 0.410 e. The molecule has 7 heteroatoms. The van der Waals surface area contributed by atoms with Crippen LogP contribution in [0.5, 0.6) is 0 Å². The lowest BCUT2D eigenvalue weighted by atomic mass is 9.49. The Labute approximate surface area is 216 Å². The molecule has 3 amide bonds. The third kappa shape index (κ3) is 6.23. The predicted molar refractivity (Wildman–Crippen MR) is 144 cm³/mol. The molecule has 2 atom stereocenters. The van der Waals surface area contributed by atoms with E-state index < -0.39 is 5.60 Å². The van der Waals surface area contributed by atoms with Gasteiger partial charge in [0.1, 0.15) is 5.60 Å². The zero-order chi connectivity index (χ0) is 26.1. The van der Waals surface area contributed by atoms with E-state index >= 15 is 0 Å². The Morgan fingerprint density at radius 3 is 2.36 bits per heavy atom. The van der Waals surface area contributed by atoms with Gasteiger partial charge < -0.3 is 19.9 Å². The predicted octanol–water partition coefficient (Wildman–Crippen LogP) is 5.37. The summed E-state index contributed by atoms with van der Waals surface area (Å²) in [6.45, 7) is 17.4. The fourth-order valence-corrected chi connectivity index (χ4v) is 5.71. The number of hydrogen-bond acceptors (Lipinski definition) is 4. The second-order valence-electron chi connectivity index (χ2n) is 12.3. The number of hydrogen-bond donors (Lipinski definition) is 1. The van der Waals surface area contributed by atoms with Crippen molar-refractivity contribution in [3.63, 3.8) is 0 Å². The number of benzene rings is 1. The molecule has 2 unspecified atom stereocenters. The molecule has 1 aromatic rings. The number of rotatable bonds is 6. The van der Waals surface area contributed by atoms with Crippen LogP contribution in [0, 0.1) is 24.2 Å². The third-order valence-corrected chi connectivity index (χ3v) is 8.26. The van der Waals surface area contributed by atoms with Crippen molar-refractivity contribution in [2.45, 2.75) is 60.0 Å². The minimum Gasteiger partial charge on any atom is -0.444 e. The molecule has 1 aliphatic heterocycles. The fraction of sp³-hybridized carbons (Fsp3) is 0.655. The highest BCUT2D eigenvalue weighted by molar-refractivity contribution is 5.89. The van der Waals surface area contributed by atoms with Crippen LogP contribution in [0.4, 0.5) is 15.3 Å². The first-order chi connectivity index (χ1) is 16.9. The van der Waals surface area contributed by atoms with E-state index in [9.17, 15) is 9.59 Å². The molecule has 0 spiro atoms. The lowest BCUT2D eigenvalue weighted by molar-refractivity contribution is -0.00981. The lowest BCUT2D eigenvalue weighted by Crippen LogP contribution is -2.53. The number of fused-ring (bicyclic) bond motifs is 1. The molecule has 1 N–H and O–H groups in total. The van der Waals surface area contributed by atoms with Crippen LogP contribution in [0.2, 0.25) is 0 Å². The lowest BCUT2D eigenvalue weighted by Gasteiger charge is -2.57. The van der Waals surface area contributed by atoms with Gasteiger partial charge in [-0.1, -0.05) is 43.2 Å². The minimum absolute atomic E-state index is 0.0496. The van der Waals surface area contributed by atoms with E-state index in [1.807, 2.05) is 56.9 Å². The number of urea groups is 1. The fourth-order valence-electron chi connectivity index (χ4n) is 5.71. The molecule has 0 aromatic heterocycles. The summed E-state index contributed by atoms with van der Waals surface area (Å²) in [5, 5.41) is 3.11. The topological polar surface area (TPSA) is 65.1 Å². The summed E-state index contributed by atoms with van der Waals surface area (Å²) in [7, 11) is 0. The first-order valence-electron chi connectivity index (χ1n) is 13.4. The summed E-state index contributed by atoms with van der Waals surface area (Å²) in [4.78, 5) is 31.9. The molecule has 4 aliphatic rings. The summed E-state index contributed by atoms with van der Waals surface area (Å²) < 4.78 is 5.52. The van der Waals surface area contributed by atoms with E-state index in [-0.39, 0.29) is 12.1 Å². The number of allylic oxidation sites excluding steroid dienone is 1. The van der Waals surface area contributed by atoms with Crippen molar-refractivity contribution in [2.75, 3.05) is 51.1 Å². The van der Waals surface area contributed by atoms with Gasteiger partial charge in [0.05, 0.1) is 0 Å². The molecule has 36 heavy (non-hydrogen) atoms. The Bertz CT molecular complexity index is 971. The molecular weight excluding hydrogens is 452 g/mol. The number of anilines is 1. The van der Waals surface area contributed by atoms with Crippen LogP contribution >= 0.6 is 0 Å². The molecule has 1 aromatic carbocycles. The highest BCUT2D eigenvalue weighted by Crippen LogP contribution is 2.59. The Morgan fingerprint density at radius 1 is 1.11 bits per heavy atom. The second kappa shape index (κ2) is 10.4. The van der Waals surface area contributed by atoms with Gasteiger partial charge in [-0.25, -0.2) is 9.59 Å². The van der Waals surface area contributed by atoms with Crippen LogP contribution < -0.4 is 5.32 Å². The van der Waals surface area contributed by atoms with Crippen molar-refractivity contribution in [1.29, 1.82) is 0 Å². The first kappa shape index (κ1) is 26.5. The van der Waals surface area contributed by atoms with Gasteiger partial charge in [0.25, 0.3) is 0 Å². The maximum absolute atomic E-state index is 13.4. The SMILES string of the molecule is Cc1ccc(NC(=O)N(CCN2CCN(C(=O)OC(C)(C)C)CC2)CC2=CCC3CC2C3(C)C)cc1. The van der Waals surface area contributed by atoms with Crippen LogP contribution in [-0.4, -0.2) is 78.2 Å². The van der Waals surface area contributed by atoms with Gasteiger partial charge in [0.15, 0.2) is 0 Å². The summed E-state index contributed by atoms with van der Waals surface area (Å²) in [5.74, 6) is 1.35. The van der Waals surface area contributed by atoms with Crippen LogP contribution in [0.25, 0.3) is 0 Å². The van der Waals surface area contributed by atoms with Crippen molar-refractivity contribution in [3.05, 3.63) is 41.5 Å². The Hall–Kier alpha value is -2.54. The highest BCUT2D eigenvalue weighted by atomic mass is 16.6. The normalized spacial score (nSPS) is 23.4. The molecule has 2 bridgehead atoms. The van der Waals surface area contributed by atoms with Gasteiger partial charge in [-0.05, 0) is 69.9 Å². The van der Waals surface area contributed by atoms with Crippen LogP contribution in [-0.2, 0) is 4.74 Å². The van der Waals surface area contributed by atoms with Gasteiger partial charge in [-0.15, -0.1) is 0 Å². The number of amides is 3. The van der Waals surface area contributed by atoms with Crippen molar-refractivity contribution in [1.82, 2.24) is 14.7 Å². The largest absolute Gasteiger partial charge is 0.444 e. The molecule has 5 rings (SSSR count). The number of piperazine rings is 1. The van der Waals surface area contributed by atoms with Crippen molar-refractivity contribution in [3.8, 4) is 0 Å². The maximum atomic E-state index is 13.4. The Morgan fingerprint density at radius 2 is 1.78 bits per heavy atom. The summed E-state index contributed by atoms with van der Waals surface area (Å²) >= 11 is 0. The van der Waals surface area contributed by atoms with E-state index in [4.69, 9.17) is 4.74 Å². The number of carbonyl (C=O) groups excluding carboxylic acids is 2. The van der Waals surface area contributed by atoms with Gasteiger partial charge in [-0.3, -0.25) is 4.90 Å². The molecule has 0 radical (unpaired) electrons. The molecule has 2 fully saturated rings. The number of nitrogens with one attached hydrogen (secondary N) is 1. The summed E-state index contributed by atoms with van der Waals surface area (Å²) in [5.41, 5.74) is 3.26. The third-order valence-electron chi connectivity index (χ3n) is 8.26. The van der Waals surface area contributed by atoms with Gasteiger partial charge >= 0.3 is 12.1 Å². The minimum atomic E-state index is -0.484. The van der Waals surface area contributed by atoms with Crippen LogP contribution in [0.3, 0.4) is 0 Å².